The number of aromatic nitrogens is 2. The van der Waals surface area contributed by atoms with Crippen LogP contribution >= 0.6 is 11.8 Å². The van der Waals surface area contributed by atoms with E-state index < -0.39 is 5.25 Å². The monoisotopic (exact) mass is 476 g/mol. The van der Waals surface area contributed by atoms with Crippen LogP contribution in [-0.2, 0) is 9.59 Å². The maximum Gasteiger partial charge on any atom is 0.262 e. The third-order valence-corrected chi connectivity index (χ3v) is 6.97. The van der Waals surface area contributed by atoms with Gasteiger partial charge < -0.3 is 15.2 Å². The number of aromatic amines is 1. The number of rotatable bonds is 5. The Bertz CT molecular complexity index is 1250. The highest BCUT2D eigenvalue weighted by molar-refractivity contribution is 8.15. The van der Waals surface area contributed by atoms with E-state index in [0.29, 0.717) is 17.2 Å². The van der Waals surface area contributed by atoms with Crippen LogP contribution in [0.25, 0.3) is 11.0 Å². The van der Waals surface area contributed by atoms with E-state index in [2.05, 4.69) is 30.5 Å². The fourth-order valence-corrected chi connectivity index (χ4v) is 5.16. The lowest BCUT2D eigenvalue weighted by molar-refractivity contribution is -0.121. The summed E-state index contributed by atoms with van der Waals surface area (Å²) in [6.07, 6.45) is 3.42. The number of H-pyrrole nitrogens is 1. The van der Waals surface area contributed by atoms with Crippen molar-refractivity contribution in [3.63, 3.8) is 0 Å². The van der Waals surface area contributed by atoms with Gasteiger partial charge in [-0.15, -0.1) is 0 Å². The molecule has 0 bridgehead atoms. The van der Waals surface area contributed by atoms with Crippen LogP contribution in [0.5, 0.6) is 0 Å². The van der Waals surface area contributed by atoms with Gasteiger partial charge in [-0.2, -0.15) is 4.99 Å². The SMILES string of the molecule is O=C(C[C@@H]1SC(N2CCCCC2)=NC1=O)Nc1cccc(C(=O)Nc2nc3ccccc3[nH]2)c1. The van der Waals surface area contributed by atoms with Crippen molar-refractivity contribution >= 4 is 57.3 Å². The van der Waals surface area contributed by atoms with Gasteiger partial charge in [0.2, 0.25) is 11.9 Å². The molecule has 2 aliphatic rings. The van der Waals surface area contributed by atoms with E-state index >= 15 is 0 Å². The van der Waals surface area contributed by atoms with Crippen LogP contribution in [0.2, 0.25) is 0 Å². The highest BCUT2D eigenvalue weighted by atomic mass is 32.2. The van der Waals surface area contributed by atoms with Crippen molar-refractivity contribution in [2.24, 2.45) is 4.99 Å². The van der Waals surface area contributed by atoms with Crippen molar-refractivity contribution in [2.75, 3.05) is 23.7 Å². The number of fused-ring (bicyclic) bond motifs is 1. The number of benzene rings is 2. The van der Waals surface area contributed by atoms with Crippen molar-refractivity contribution in [1.29, 1.82) is 0 Å². The Morgan fingerprint density at radius 3 is 2.71 bits per heavy atom. The second-order valence-corrected chi connectivity index (χ2v) is 9.45. The summed E-state index contributed by atoms with van der Waals surface area (Å²) in [5, 5.41) is 5.75. The Morgan fingerprint density at radius 2 is 1.88 bits per heavy atom. The average molecular weight is 477 g/mol. The molecule has 1 atom stereocenters. The number of likely N-dealkylation sites (tertiary alicyclic amines) is 1. The van der Waals surface area contributed by atoms with Crippen molar-refractivity contribution in [1.82, 2.24) is 14.9 Å². The number of piperidine rings is 1. The number of amidine groups is 1. The molecule has 1 fully saturated rings. The highest BCUT2D eigenvalue weighted by Gasteiger charge is 2.33. The Kier molecular flexibility index (Phi) is 6.31. The summed E-state index contributed by atoms with van der Waals surface area (Å²) in [5.41, 5.74) is 2.44. The molecule has 10 heteroatoms. The van der Waals surface area contributed by atoms with Crippen LogP contribution in [0, 0.1) is 0 Å². The first-order chi connectivity index (χ1) is 16.5. The minimum absolute atomic E-state index is 0.0275. The zero-order valence-corrected chi connectivity index (χ0v) is 19.2. The molecule has 1 aromatic heterocycles. The molecule has 174 valence electrons. The number of para-hydroxylation sites is 2. The molecule has 0 aliphatic carbocycles. The number of amides is 3. The molecule has 0 radical (unpaired) electrons. The Labute approximate surface area is 200 Å². The van der Waals surface area contributed by atoms with Crippen LogP contribution in [-0.4, -0.2) is 56.1 Å². The number of carbonyl (C=O) groups is 3. The zero-order chi connectivity index (χ0) is 23.5. The van der Waals surface area contributed by atoms with E-state index in [1.54, 1.807) is 24.3 Å². The molecule has 34 heavy (non-hydrogen) atoms. The molecule has 5 rings (SSSR count). The summed E-state index contributed by atoms with van der Waals surface area (Å²) in [7, 11) is 0. The largest absolute Gasteiger partial charge is 0.351 e. The van der Waals surface area contributed by atoms with Crippen molar-refractivity contribution in [3.05, 3.63) is 54.1 Å². The maximum atomic E-state index is 12.7. The summed E-state index contributed by atoms with van der Waals surface area (Å²) < 4.78 is 0. The van der Waals surface area contributed by atoms with Crippen molar-refractivity contribution in [2.45, 2.75) is 30.9 Å². The van der Waals surface area contributed by atoms with Gasteiger partial charge in [0.05, 0.1) is 11.0 Å². The van der Waals surface area contributed by atoms with Gasteiger partial charge >= 0.3 is 0 Å². The van der Waals surface area contributed by atoms with E-state index in [4.69, 9.17) is 0 Å². The third-order valence-electron chi connectivity index (χ3n) is 5.76. The van der Waals surface area contributed by atoms with Gasteiger partial charge in [-0.3, -0.25) is 19.7 Å². The van der Waals surface area contributed by atoms with E-state index in [1.807, 2.05) is 24.3 Å². The Morgan fingerprint density at radius 1 is 1.06 bits per heavy atom. The quantitative estimate of drug-likeness (QED) is 0.517. The first-order valence-electron chi connectivity index (χ1n) is 11.3. The van der Waals surface area contributed by atoms with Crippen molar-refractivity contribution in [3.8, 4) is 0 Å². The number of hydrogen-bond donors (Lipinski definition) is 3. The molecule has 0 saturated carbocycles. The molecule has 3 N–H and O–H groups in total. The zero-order valence-electron chi connectivity index (χ0n) is 18.4. The molecule has 9 nitrogen and oxygen atoms in total. The molecular weight excluding hydrogens is 452 g/mol. The number of aliphatic imine (C=N–C) groups is 1. The summed E-state index contributed by atoms with van der Waals surface area (Å²) in [5.74, 6) is -0.561. The van der Waals surface area contributed by atoms with Gasteiger partial charge in [-0.25, -0.2) is 4.98 Å². The number of anilines is 2. The molecule has 0 spiro atoms. The van der Waals surface area contributed by atoms with Gasteiger partial charge in [0, 0.05) is 30.8 Å². The van der Waals surface area contributed by atoms with Crippen LogP contribution in [0.4, 0.5) is 11.6 Å². The smallest absolute Gasteiger partial charge is 0.262 e. The molecule has 3 heterocycles. The predicted molar refractivity (Wildman–Crippen MR) is 133 cm³/mol. The topological polar surface area (TPSA) is 120 Å². The van der Waals surface area contributed by atoms with Gasteiger partial charge in [-0.05, 0) is 49.6 Å². The van der Waals surface area contributed by atoms with Gasteiger partial charge in [-0.1, -0.05) is 30.0 Å². The molecule has 3 aromatic rings. The lowest BCUT2D eigenvalue weighted by Crippen LogP contribution is -2.33. The fraction of sp³-hybridized carbons (Fsp3) is 0.292. The standard InChI is InChI=1S/C24H24N6O3S/c31-20(14-19-22(33)29-24(34-19)30-11-4-1-5-12-30)25-16-8-6-7-15(13-16)21(32)28-23-26-17-9-2-3-10-18(17)27-23/h2-3,6-10,13,19H,1,4-5,11-12,14H2,(H,25,31)(H2,26,27,28,32)/t19-/m0/s1. The summed E-state index contributed by atoms with van der Waals surface area (Å²) in [4.78, 5) is 51.3. The number of carbonyl (C=O) groups excluding carboxylic acids is 3. The molecule has 3 amide bonds. The Balaban J connectivity index is 1.18. The second kappa shape index (κ2) is 9.68. The van der Waals surface area contributed by atoms with Crippen LogP contribution in [0.15, 0.2) is 53.5 Å². The first kappa shape index (κ1) is 22.1. The number of imidazole rings is 1. The number of thioether (sulfide) groups is 1. The van der Waals surface area contributed by atoms with E-state index in [1.165, 1.54) is 18.2 Å². The maximum absolute atomic E-state index is 12.7. The van der Waals surface area contributed by atoms with Gasteiger partial charge in [0.15, 0.2) is 5.17 Å². The fourth-order valence-electron chi connectivity index (χ4n) is 4.04. The minimum atomic E-state index is -0.517. The predicted octanol–water partition coefficient (Wildman–Crippen LogP) is 3.63. The summed E-state index contributed by atoms with van der Waals surface area (Å²) >= 11 is 1.37. The molecule has 2 aliphatic heterocycles. The number of nitrogens with zero attached hydrogens (tertiary/aromatic N) is 3. The normalized spacial score (nSPS) is 18.1. The molecule has 2 aromatic carbocycles. The van der Waals surface area contributed by atoms with Crippen LogP contribution in [0.3, 0.4) is 0 Å². The molecule has 0 unspecified atom stereocenters. The Hall–Kier alpha value is -3.66. The van der Waals surface area contributed by atoms with Crippen LogP contribution < -0.4 is 10.6 Å². The van der Waals surface area contributed by atoms with E-state index in [-0.39, 0.29) is 24.1 Å². The first-order valence-corrected chi connectivity index (χ1v) is 12.1. The van der Waals surface area contributed by atoms with E-state index in [0.717, 1.165) is 42.1 Å². The van der Waals surface area contributed by atoms with Gasteiger partial charge in [0.25, 0.3) is 11.8 Å². The average Bonchev–Trinajstić information content (AvgIpc) is 3.42. The highest BCUT2D eigenvalue weighted by Crippen LogP contribution is 2.29. The molecule has 1 saturated heterocycles. The number of nitrogens with one attached hydrogen (secondary N) is 3. The summed E-state index contributed by atoms with van der Waals surface area (Å²) in [6.45, 7) is 1.81. The summed E-state index contributed by atoms with van der Waals surface area (Å²) in [6, 6.07) is 14.1. The minimum Gasteiger partial charge on any atom is -0.351 e. The third kappa shape index (κ3) is 4.96. The molecular formula is C24H24N6O3S. The second-order valence-electron chi connectivity index (χ2n) is 8.28. The number of hydrogen-bond acceptors (Lipinski definition) is 6. The lowest BCUT2D eigenvalue weighted by atomic mass is 10.1. The lowest BCUT2D eigenvalue weighted by Gasteiger charge is -2.27. The van der Waals surface area contributed by atoms with Gasteiger partial charge in [0.1, 0.15) is 5.25 Å². The van der Waals surface area contributed by atoms with E-state index in [9.17, 15) is 14.4 Å². The van der Waals surface area contributed by atoms with Crippen molar-refractivity contribution < 1.29 is 14.4 Å². The van der Waals surface area contributed by atoms with Crippen LogP contribution in [0.1, 0.15) is 36.0 Å².